The minimum Gasteiger partial charge on any atom is -0.329 e. The summed E-state index contributed by atoms with van der Waals surface area (Å²) in [5.74, 6) is -0.659. The number of hydrogen-bond acceptors (Lipinski definition) is 5. The lowest BCUT2D eigenvalue weighted by molar-refractivity contribution is -0.159. The largest absolute Gasteiger partial charge is 0.471 e. The standard InChI is InChI=1S/C14H12F3N5O/c1-8-6-22(9(2)19-8)7-11-4-3-10(5-18-11)12-20-13(23-21-12)14(15,16)17/h3-6H,7H2,1-2H3. The van der Waals surface area contributed by atoms with Crippen molar-refractivity contribution in [3.63, 3.8) is 0 Å². The van der Waals surface area contributed by atoms with E-state index in [9.17, 15) is 13.2 Å². The highest BCUT2D eigenvalue weighted by molar-refractivity contribution is 5.52. The summed E-state index contributed by atoms with van der Waals surface area (Å²) in [6.45, 7) is 4.31. The normalized spacial score (nSPS) is 11.9. The van der Waals surface area contributed by atoms with E-state index in [1.165, 1.54) is 6.20 Å². The monoisotopic (exact) mass is 323 g/mol. The molecule has 0 aliphatic rings. The topological polar surface area (TPSA) is 69.6 Å². The van der Waals surface area contributed by atoms with Crippen molar-refractivity contribution in [3.8, 4) is 11.4 Å². The van der Waals surface area contributed by atoms with Gasteiger partial charge in [-0.3, -0.25) is 4.98 Å². The van der Waals surface area contributed by atoms with E-state index < -0.39 is 12.1 Å². The second kappa shape index (κ2) is 5.49. The van der Waals surface area contributed by atoms with Gasteiger partial charge in [-0.25, -0.2) is 4.98 Å². The van der Waals surface area contributed by atoms with E-state index >= 15 is 0 Å². The van der Waals surface area contributed by atoms with Gasteiger partial charge in [0.15, 0.2) is 0 Å². The third-order valence-corrected chi connectivity index (χ3v) is 3.18. The first-order chi connectivity index (χ1) is 10.8. The summed E-state index contributed by atoms with van der Waals surface area (Å²) in [5.41, 5.74) is 2.01. The number of pyridine rings is 1. The van der Waals surface area contributed by atoms with Crippen LogP contribution >= 0.6 is 0 Å². The molecule has 0 radical (unpaired) electrons. The summed E-state index contributed by atoms with van der Waals surface area (Å²) >= 11 is 0. The molecule has 0 spiro atoms. The predicted octanol–water partition coefficient (Wildman–Crippen LogP) is 3.01. The first-order valence-corrected chi connectivity index (χ1v) is 6.69. The lowest BCUT2D eigenvalue weighted by Gasteiger charge is -2.04. The zero-order chi connectivity index (χ0) is 16.6. The molecule has 3 heterocycles. The zero-order valence-corrected chi connectivity index (χ0v) is 12.3. The molecular weight excluding hydrogens is 311 g/mol. The van der Waals surface area contributed by atoms with Gasteiger partial charge < -0.3 is 9.09 Å². The molecule has 120 valence electrons. The molecule has 0 aliphatic carbocycles. The molecule has 9 heteroatoms. The maximum atomic E-state index is 12.4. The highest BCUT2D eigenvalue weighted by Gasteiger charge is 2.38. The smallest absolute Gasteiger partial charge is 0.329 e. The molecule has 0 N–H and O–H groups in total. The third-order valence-electron chi connectivity index (χ3n) is 3.18. The maximum absolute atomic E-state index is 12.4. The summed E-state index contributed by atoms with van der Waals surface area (Å²) in [6, 6.07) is 3.31. The van der Waals surface area contributed by atoms with Crippen LogP contribution in [0.1, 0.15) is 23.1 Å². The number of rotatable bonds is 3. The van der Waals surface area contributed by atoms with E-state index in [2.05, 4.69) is 24.6 Å². The van der Waals surface area contributed by atoms with Gasteiger partial charge in [-0.2, -0.15) is 18.2 Å². The first kappa shape index (κ1) is 15.2. The summed E-state index contributed by atoms with van der Waals surface area (Å²) in [6.07, 6.45) is -1.34. The molecule has 0 amide bonds. The lowest BCUT2D eigenvalue weighted by atomic mass is 10.2. The van der Waals surface area contributed by atoms with Crippen molar-refractivity contribution >= 4 is 0 Å². The number of halogens is 3. The van der Waals surface area contributed by atoms with E-state index in [-0.39, 0.29) is 5.82 Å². The second-order valence-corrected chi connectivity index (χ2v) is 5.02. The molecule has 0 fully saturated rings. The molecule has 0 aliphatic heterocycles. The number of hydrogen-bond donors (Lipinski definition) is 0. The molecule has 3 rings (SSSR count). The Kier molecular flexibility index (Phi) is 3.63. The van der Waals surface area contributed by atoms with Gasteiger partial charge in [0.2, 0.25) is 5.82 Å². The van der Waals surface area contributed by atoms with Crippen molar-refractivity contribution in [2.45, 2.75) is 26.6 Å². The Morgan fingerprint density at radius 3 is 2.48 bits per heavy atom. The Bertz CT molecular complexity index is 820. The van der Waals surface area contributed by atoms with Crippen LogP contribution in [0.5, 0.6) is 0 Å². The molecule has 23 heavy (non-hydrogen) atoms. The fourth-order valence-corrected chi connectivity index (χ4v) is 2.11. The average Bonchev–Trinajstić information content (AvgIpc) is 3.07. The molecule has 0 bridgehead atoms. The van der Waals surface area contributed by atoms with Gasteiger partial charge >= 0.3 is 12.1 Å². The van der Waals surface area contributed by atoms with Crippen molar-refractivity contribution in [2.24, 2.45) is 0 Å². The molecule has 3 aromatic rings. The number of alkyl halides is 3. The highest BCUT2D eigenvalue weighted by Crippen LogP contribution is 2.29. The van der Waals surface area contributed by atoms with Crippen LogP contribution in [-0.4, -0.2) is 24.7 Å². The Hall–Kier alpha value is -2.71. The number of aromatic nitrogens is 5. The van der Waals surface area contributed by atoms with E-state index in [1.54, 1.807) is 12.1 Å². The van der Waals surface area contributed by atoms with Gasteiger partial charge in [0, 0.05) is 18.0 Å². The van der Waals surface area contributed by atoms with Gasteiger partial charge in [-0.05, 0) is 26.0 Å². The van der Waals surface area contributed by atoms with Crippen LogP contribution in [0.15, 0.2) is 29.0 Å². The fraction of sp³-hybridized carbons (Fsp3) is 0.286. The van der Waals surface area contributed by atoms with E-state index in [0.717, 1.165) is 17.2 Å². The van der Waals surface area contributed by atoms with Crippen LogP contribution in [0, 0.1) is 13.8 Å². The number of nitrogens with zero attached hydrogens (tertiary/aromatic N) is 5. The fourth-order valence-electron chi connectivity index (χ4n) is 2.11. The van der Waals surface area contributed by atoms with Gasteiger partial charge in [0.1, 0.15) is 5.82 Å². The summed E-state index contributed by atoms with van der Waals surface area (Å²) in [4.78, 5) is 11.8. The van der Waals surface area contributed by atoms with Crippen molar-refractivity contribution < 1.29 is 17.7 Å². The van der Waals surface area contributed by atoms with Crippen LogP contribution in [0.4, 0.5) is 13.2 Å². The van der Waals surface area contributed by atoms with E-state index in [4.69, 9.17) is 0 Å². The minimum absolute atomic E-state index is 0.147. The molecule has 0 unspecified atom stereocenters. The van der Waals surface area contributed by atoms with E-state index in [0.29, 0.717) is 12.1 Å². The third kappa shape index (κ3) is 3.22. The lowest BCUT2D eigenvalue weighted by Crippen LogP contribution is -2.05. The molecule has 0 saturated heterocycles. The Morgan fingerprint density at radius 2 is 1.96 bits per heavy atom. The minimum atomic E-state index is -4.66. The number of aryl methyl sites for hydroxylation is 2. The quantitative estimate of drug-likeness (QED) is 0.741. The molecule has 6 nitrogen and oxygen atoms in total. The molecule has 3 aromatic heterocycles. The van der Waals surface area contributed by atoms with Crippen LogP contribution in [0.25, 0.3) is 11.4 Å². The van der Waals surface area contributed by atoms with E-state index in [1.807, 2.05) is 24.6 Å². The SMILES string of the molecule is Cc1cn(Cc2ccc(-c3noc(C(F)(F)F)n3)cn2)c(C)n1. The summed E-state index contributed by atoms with van der Waals surface area (Å²) in [7, 11) is 0. The van der Waals surface area contributed by atoms with Gasteiger partial charge in [-0.15, -0.1) is 0 Å². The number of imidazole rings is 1. The van der Waals surface area contributed by atoms with Crippen molar-refractivity contribution in [1.29, 1.82) is 0 Å². The van der Waals surface area contributed by atoms with Crippen molar-refractivity contribution in [3.05, 3.63) is 47.6 Å². The maximum Gasteiger partial charge on any atom is 0.471 e. The first-order valence-electron chi connectivity index (χ1n) is 6.69. The van der Waals surface area contributed by atoms with Crippen LogP contribution < -0.4 is 0 Å². The zero-order valence-electron chi connectivity index (χ0n) is 12.3. The van der Waals surface area contributed by atoms with Crippen LogP contribution in [0.3, 0.4) is 0 Å². The van der Waals surface area contributed by atoms with Crippen LogP contribution in [0.2, 0.25) is 0 Å². The second-order valence-electron chi connectivity index (χ2n) is 5.02. The molecular formula is C14H12F3N5O. The van der Waals surface area contributed by atoms with Crippen molar-refractivity contribution in [2.75, 3.05) is 0 Å². The van der Waals surface area contributed by atoms with Gasteiger partial charge in [0.05, 0.1) is 17.9 Å². The van der Waals surface area contributed by atoms with Crippen LogP contribution in [-0.2, 0) is 12.7 Å². The van der Waals surface area contributed by atoms with Gasteiger partial charge in [0.25, 0.3) is 0 Å². The Labute approximate surface area is 129 Å². The highest BCUT2D eigenvalue weighted by atomic mass is 19.4. The molecule has 0 atom stereocenters. The summed E-state index contributed by atoms with van der Waals surface area (Å²) < 4.78 is 43.5. The molecule has 0 aromatic carbocycles. The Balaban J connectivity index is 1.79. The van der Waals surface area contributed by atoms with Crippen molar-refractivity contribution in [1.82, 2.24) is 24.7 Å². The summed E-state index contributed by atoms with van der Waals surface area (Å²) in [5, 5.41) is 3.32. The average molecular weight is 323 g/mol. The predicted molar refractivity (Wildman–Crippen MR) is 73.3 cm³/mol. The van der Waals surface area contributed by atoms with Gasteiger partial charge in [-0.1, -0.05) is 5.16 Å². The Morgan fingerprint density at radius 1 is 1.17 bits per heavy atom. The molecule has 0 saturated carbocycles.